The summed E-state index contributed by atoms with van der Waals surface area (Å²) in [5.41, 5.74) is 0.107. The number of esters is 1. The van der Waals surface area contributed by atoms with Crippen molar-refractivity contribution in [1.29, 1.82) is 0 Å². The van der Waals surface area contributed by atoms with E-state index in [1.54, 1.807) is 24.1 Å². The molecule has 25 heavy (non-hydrogen) atoms. The maximum Gasteiger partial charge on any atom is 0.306 e. The summed E-state index contributed by atoms with van der Waals surface area (Å²) in [4.78, 5) is 25.8. The first-order valence-corrected chi connectivity index (χ1v) is 8.78. The molecule has 0 spiro atoms. The number of amides is 1. The Morgan fingerprint density at radius 1 is 1.20 bits per heavy atom. The Morgan fingerprint density at radius 2 is 1.88 bits per heavy atom. The van der Waals surface area contributed by atoms with Crippen LogP contribution in [-0.4, -0.2) is 42.6 Å². The molecule has 0 aliphatic heterocycles. The minimum atomic E-state index is -0.477. The number of hydrogen-bond acceptors (Lipinski definition) is 4. The first kappa shape index (κ1) is 21.0. The van der Waals surface area contributed by atoms with Crippen molar-refractivity contribution in [2.24, 2.45) is 5.92 Å². The monoisotopic (exact) mass is 349 g/mol. The summed E-state index contributed by atoms with van der Waals surface area (Å²) in [6, 6.07) is 7.20. The molecular formula is C20H31NO4. The highest BCUT2D eigenvalue weighted by molar-refractivity contribution is 5.94. The number of carbonyl (C=O) groups excluding carboxylic acids is 2. The van der Waals surface area contributed by atoms with Crippen LogP contribution in [0.5, 0.6) is 5.75 Å². The van der Waals surface area contributed by atoms with Crippen LogP contribution in [0, 0.1) is 5.92 Å². The molecule has 0 aromatic heterocycles. The van der Waals surface area contributed by atoms with Gasteiger partial charge in [-0.05, 0) is 51.3 Å². The second kappa shape index (κ2) is 9.44. The summed E-state index contributed by atoms with van der Waals surface area (Å²) in [7, 11) is 1.74. The van der Waals surface area contributed by atoms with E-state index in [1.807, 2.05) is 32.9 Å². The zero-order valence-electron chi connectivity index (χ0n) is 16.3. The molecule has 0 N–H and O–H groups in total. The highest BCUT2D eigenvalue weighted by Crippen LogP contribution is 2.16. The van der Waals surface area contributed by atoms with Gasteiger partial charge in [-0.25, -0.2) is 0 Å². The van der Waals surface area contributed by atoms with Gasteiger partial charge in [0.2, 0.25) is 0 Å². The molecule has 0 aliphatic carbocycles. The third-order valence-electron chi connectivity index (χ3n) is 3.31. The van der Waals surface area contributed by atoms with Crippen molar-refractivity contribution in [1.82, 2.24) is 4.90 Å². The van der Waals surface area contributed by atoms with Gasteiger partial charge in [-0.2, -0.15) is 0 Å². The normalized spacial score (nSPS) is 11.3. The fraction of sp³-hybridized carbons (Fsp3) is 0.600. The van der Waals surface area contributed by atoms with Gasteiger partial charge in [0.25, 0.3) is 5.91 Å². The quantitative estimate of drug-likeness (QED) is 0.668. The topological polar surface area (TPSA) is 55.8 Å². The molecule has 1 rings (SSSR count). The van der Waals surface area contributed by atoms with Crippen molar-refractivity contribution in [2.75, 3.05) is 20.2 Å². The van der Waals surface area contributed by atoms with Gasteiger partial charge in [0.1, 0.15) is 11.4 Å². The lowest BCUT2D eigenvalue weighted by molar-refractivity contribution is -0.154. The predicted molar refractivity (Wildman–Crippen MR) is 98.8 cm³/mol. The molecule has 0 saturated heterocycles. The van der Waals surface area contributed by atoms with Gasteiger partial charge < -0.3 is 14.4 Å². The van der Waals surface area contributed by atoms with Crippen LogP contribution in [-0.2, 0) is 9.53 Å². The van der Waals surface area contributed by atoms with Crippen molar-refractivity contribution in [2.45, 2.75) is 53.1 Å². The van der Waals surface area contributed by atoms with E-state index in [1.165, 1.54) is 0 Å². The van der Waals surface area contributed by atoms with E-state index in [0.29, 0.717) is 43.2 Å². The van der Waals surface area contributed by atoms with Gasteiger partial charge in [0.15, 0.2) is 0 Å². The molecule has 1 amide bonds. The number of hydrogen-bond donors (Lipinski definition) is 0. The van der Waals surface area contributed by atoms with Crippen LogP contribution in [0.2, 0.25) is 0 Å². The number of nitrogens with zero attached hydrogens (tertiary/aromatic N) is 1. The summed E-state index contributed by atoms with van der Waals surface area (Å²) in [5.74, 6) is 0.799. The van der Waals surface area contributed by atoms with E-state index < -0.39 is 5.60 Å². The van der Waals surface area contributed by atoms with E-state index >= 15 is 0 Å². The Hall–Kier alpha value is -2.04. The van der Waals surface area contributed by atoms with E-state index in [-0.39, 0.29) is 11.9 Å². The van der Waals surface area contributed by atoms with Gasteiger partial charge in [-0.15, -0.1) is 0 Å². The highest BCUT2D eigenvalue weighted by Gasteiger charge is 2.17. The second-order valence-electron chi connectivity index (χ2n) is 7.65. The maximum absolute atomic E-state index is 12.5. The predicted octanol–water partition coefficient (Wildman–Crippen LogP) is 3.92. The molecule has 5 heteroatoms. The summed E-state index contributed by atoms with van der Waals surface area (Å²) in [6.45, 7) is 10.8. The SMILES string of the molecule is CC(C)COc1cccc(C(=O)N(C)CCCC(=O)OC(C)(C)C)c1. The van der Waals surface area contributed by atoms with Crippen LogP contribution in [0.4, 0.5) is 0 Å². The van der Waals surface area contributed by atoms with E-state index in [9.17, 15) is 9.59 Å². The van der Waals surface area contributed by atoms with Crippen molar-refractivity contribution in [3.8, 4) is 5.75 Å². The minimum Gasteiger partial charge on any atom is -0.493 e. The molecule has 0 aliphatic rings. The summed E-state index contributed by atoms with van der Waals surface area (Å²) in [5, 5.41) is 0. The third kappa shape index (κ3) is 8.57. The lowest BCUT2D eigenvalue weighted by Gasteiger charge is -2.20. The summed E-state index contributed by atoms with van der Waals surface area (Å²) < 4.78 is 10.9. The molecular weight excluding hydrogens is 318 g/mol. The van der Waals surface area contributed by atoms with Crippen molar-refractivity contribution < 1.29 is 19.1 Å². The zero-order chi connectivity index (χ0) is 19.0. The highest BCUT2D eigenvalue weighted by atomic mass is 16.6. The van der Waals surface area contributed by atoms with Gasteiger partial charge in [0.05, 0.1) is 6.61 Å². The standard InChI is InChI=1S/C20H31NO4/c1-15(2)14-24-17-10-7-9-16(13-17)19(23)21(6)12-8-11-18(22)25-20(3,4)5/h7,9-10,13,15H,8,11-12,14H2,1-6H3. The van der Waals surface area contributed by atoms with Crippen LogP contribution in [0.25, 0.3) is 0 Å². The first-order chi connectivity index (χ1) is 11.6. The Kier molecular flexibility index (Phi) is 7.94. The van der Waals surface area contributed by atoms with Gasteiger partial charge in [-0.1, -0.05) is 19.9 Å². The van der Waals surface area contributed by atoms with Crippen LogP contribution >= 0.6 is 0 Å². The summed E-state index contributed by atoms with van der Waals surface area (Å²) in [6.07, 6.45) is 0.868. The average Bonchev–Trinajstić information content (AvgIpc) is 2.50. The maximum atomic E-state index is 12.5. The van der Waals surface area contributed by atoms with Crippen molar-refractivity contribution >= 4 is 11.9 Å². The molecule has 140 valence electrons. The largest absolute Gasteiger partial charge is 0.493 e. The Bertz CT molecular complexity index is 575. The molecule has 0 heterocycles. The molecule has 0 atom stereocenters. The van der Waals surface area contributed by atoms with Gasteiger partial charge in [-0.3, -0.25) is 9.59 Å². The number of ether oxygens (including phenoxy) is 2. The van der Waals surface area contributed by atoms with Crippen LogP contribution in [0.15, 0.2) is 24.3 Å². The number of rotatable bonds is 8. The number of carbonyl (C=O) groups is 2. The third-order valence-corrected chi connectivity index (χ3v) is 3.31. The van der Waals surface area contributed by atoms with Gasteiger partial charge >= 0.3 is 5.97 Å². The second-order valence-corrected chi connectivity index (χ2v) is 7.65. The fourth-order valence-corrected chi connectivity index (χ4v) is 2.16. The van der Waals surface area contributed by atoms with Crippen LogP contribution in [0.3, 0.4) is 0 Å². The first-order valence-electron chi connectivity index (χ1n) is 8.78. The smallest absolute Gasteiger partial charge is 0.306 e. The molecule has 0 fully saturated rings. The van der Waals surface area contributed by atoms with E-state index in [0.717, 1.165) is 0 Å². The van der Waals surface area contributed by atoms with Crippen molar-refractivity contribution in [3.63, 3.8) is 0 Å². The molecule has 0 bridgehead atoms. The van der Waals surface area contributed by atoms with Crippen molar-refractivity contribution in [3.05, 3.63) is 29.8 Å². The Balaban J connectivity index is 2.50. The number of benzene rings is 1. The van der Waals surface area contributed by atoms with Crippen LogP contribution < -0.4 is 4.74 Å². The molecule has 1 aromatic carbocycles. The van der Waals surface area contributed by atoms with Crippen LogP contribution in [0.1, 0.15) is 57.8 Å². The lowest BCUT2D eigenvalue weighted by atomic mass is 10.1. The average molecular weight is 349 g/mol. The Labute approximate surface area is 151 Å². The molecule has 0 unspecified atom stereocenters. The molecule has 0 radical (unpaired) electrons. The molecule has 5 nitrogen and oxygen atoms in total. The van der Waals surface area contributed by atoms with E-state index in [2.05, 4.69) is 13.8 Å². The van der Waals surface area contributed by atoms with Gasteiger partial charge in [0, 0.05) is 25.6 Å². The molecule has 1 aromatic rings. The summed E-state index contributed by atoms with van der Waals surface area (Å²) >= 11 is 0. The lowest BCUT2D eigenvalue weighted by Crippen LogP contribution is -2.29. The molecule has 0 saturated carbocycles. The zero-order valence-corrected chi connectivity index (χ0v) is 16.3. The Morgan fingerprint density at radius 3 is 2.48 bits per heavy atom. The van der Waals surface area contributed by atoms with E-state index in [4.69, 9.17) is 9.47 Å². The minimum absolute atomic E-state index is 0.0841. The fourth-order valence-electron chi connectivity index (χ4n) is 2.16.